The van der Waals surface area contributed by atoms with Crippen molar-refractivity contribution in [3.63, 3.8) is 0 Å². The van der Waals surface area contributed by atoms with Crippen LogP contribution in [0.1, 0.15) is 10.4 Å². The first kappa shape index (κ1) is 14.8. The number of hydrogen-bond acceptors (Lipinski definition) is 6. The lowest BCUT2D eigenvalue weighted by Crippen LogP contribution is -2.52. The van der Waals surface area contributed by atoms with Gasteiger partial charge in [0.05, 0.1) is 17.4 Å². The molecule has 1 aromatic carbocycles. The van der Waals surface area contributed by atoms with Crippen molar-refractivity contribution in [2.45, 2.75) is 0 Å². The van der Waals surface area contributed by atoms with Crippen LogP contribution in [-0.4, -0.2) is 55.3 Å². The molecule has 0 saturated carbocycles. The Morgan fingerprint density at radius 2 is 2.19 bits per heavy atom. The number of imidazole rings is 1. The van der Waals surface area contributed by atoms with Crippen molar-refractivity contribution < 1.29 is 4.79 Å². The summed E-state index contributed by atoms with van der Waals surface area (Å²) >= 11 is 0. The fraction of sp³-hybridized carbons (Fsp3) is 0.235. The van der Waals surface area contributed by atoms with E-state index in [0.29, 0.717) is 18.0 Å². The molecule has 9 nitrogen and oxygen atoms in total. The maximum absolute atomic E-state index is 12.3. The minimum absolute atomic E-state index is 0.0658. The third-order valence-corrected chi connectivity index (χ3v) is 4.66. The van der Waals surface area contributed by atoms with Crippen molar-refractivity contribution >= 4 is 28.4 Å². The van der Waals surface area contributed by atoms with E-state index in [1.807, 2.05) is 24.3 Å². The van der Waals surface area contributed by atoms with Gasteiger partial charge in [-0.05, 0) is 30.3 Å². The average molecular weight is 348 g/mol. The highest BCUT2D eigenvalue weighted by Crippen LogP contribution is 2.22. The van der Waals surface area contributed by atoms with Gasteiger partial charge in [0, 0.05) is 31.1 Å². The number of aromatic nitrogens is 6. The van der Waals surface area contributed by atoms with Crippen LogP contribution in [-0.2, 0) is 0 Å². The van der Waals surface area contributed by atoms with Gasteiger partial charge in [-0.3, -0.25) is 4.79 Å². The molecule has 9 heteroatoms. The van der Waals surface area contributed by atoms with E-state index in [1.165, 1.54) is 0 Å². The number of hydrogen-bond donors (Lipinski definition) is 2. The van der Waals surface area contributed by atoms with Gasteiger partial charge in [0.2, 0.25) is 0 Å². The Bertz CT molecular complexity index is 1090. The zero-order valence-corrected chi connectivity index (χ0v) is 13.8. The number of rotatable bonds is 4. The van der Waals surface area contributed by atoms with Gasteiger partial charge < -0.3 is 15.2 Å². The van der Waals surface area contributed by atoms with E-state index in [2.05, 4.69) is 35.5 Å². The molecule has 0 radical (unpaired) electrons. The molecule has 1 amide bonds. The Labute approximate surface area is 148 Å². The smallest absolute Gasteiger partial charge is 0.251 e. The lowest BCUT2D eigenvalue weighted by molar-refractivity contribution is 0.0944. The van der Waals surface area contributed by atoms with E-state index < -0.39 is 0 Å². The normalized spacial score (nSPS) is 14.7. The summed E-state index contributed by atoms with van der Waals surface area (Å²) in [4.78, 5) is 21.7. The van der Waals surface area contributed by atoms with Crippen LogP contribution in [0.5, 0.6) is 0 Å². The first-order chi connectivity index (χ1) is 12.8. The van der Waals surface area contributed by atoms with Crippen molar-refractivity contribution in [3.05, 3.63) is 48.5 Å². The zero-order chi connectivity index (χ0) is 17.5. The van der Waals surface area contributed by atoms with Crippen LogP contribution in [0.3, 0.4) is 0 Å². The third kappa shape index (κ3) is 2.53. The highest BCUT2D eigenvalue weighted by molar-refractivity contribution is 5.97. The molecular weight excluding hydrogens is 332 g/mol. The molecule has 0 unspecified atom stereocenters. The summed E-state index contributed by atoms with van der Waals surface area (Å²) in [5, 5.41) is 15.3. The van der Waals surface area contributed by atoms with Crippen molar-refractivity contribution in [2.24, 2.45) is 5.92 Å². The Morgan fingerprint density at radius 1 is 1.27 bits per heavy atom. The highest BCUT2D eigenvalue weighted by atomic mass is 16.1. The van der Waals surface area contributed by atoms with Gasteiger partial charge in [0.15, 0.2) is 5.65 Å². The number of anilines is 1. The van der Waals surface area contributed by atoms with Gasteiger partial charge in [-0.1, -0.05) is 0 Å². The minimum Gasteiger partial charge on any atom is -0.354 e. The molecule has 26 heavy (non-hydrogen) atoms. The van der Waals surface area contributed by atoms with Crippen LogP contribution in [0, 0.1) is 5.92 Å². The highest BCUT2D eigenvalue weighted by Gasteiger charge is 2.28. The topological polar surface area (TPSA) is 104 Å². The molecule has 5 rings (SSSR count). The molecule has 1 saturated heterocycles. The Kier molecular flexibility index (Phi) is 3.30. The van der Waals surface area contributed by atoms with Crippen LogP contribution in [0.25, 0.3) is 16.7 Å². The van der Waals surface area contributed by atoms with Crippen LogP contribution in [0.2, 0.25) is 0 Å². The lowest BCUT2D eigenvalue weighted by Gasteiger charge is -2.40. The molecule has 0 atom stereocenters. The van der Waals surface area contributed by atoms with Gasteiger partial charge in [-0.25, -0.2) is 4.98 Å². The fourth-order valence-electron chi connectivity index (χ4n) is 3.19. The summed E-state index contributed by atoms with van der Waals surface area (Å²) in [5.41, 5.74) is 3.08. The molecule has 0 bridgehead atoms. The molecule has 4 aromatic rings. The van der Waals surface area contributed by atoms with E-state index in [4.69, 9.17) is 0 Å². The molecule has 3 aromatic heterocycles. The Balaban J connectivity index is 1.17. The predicted octanol–water partition coefficient (Wildman–Crippen LogP) is 0.867. The maximum Gasteiger partial charge on any atom is 0.251 e. The van der Waals surface area contributed by atoms with Gasteiger partial charge in [0.25, 0.3) is 5.91 Å². The van der Waals surface area contributed by atoms with Crippen molar-refractivity contribution in [1.82, 2.24) is 35.1 Å². The van der Waals surface area contributed by atoms with Crippen molar-refractivity contribution in [1.29, 1.82) is 0 Å². The van der Waals surface area contributed by atoms with E-state index in [1.54, 1.807) is 23.2 Å². The number of carbonyl (C=O) groups excluding carboxylic acids is 1. The van der Waals surface area contributed by atoms with E-state index in [-0.39, 0.29) is 5.91 Å². The number of nitrogens with one attached hydrogen (secondary N) is 2. The van der Waals surface area contributed by atoms with E-state index >= 15 is 0 Å². The van der Waals surface area contributed by atoms with E-state index in [0.717, 1.165) is 35.6 Å². The minimum atomic E-state index is -0.0658. The zero-order valence-electron chi connectivity index (χ0n) is 13.8. The molecular formula is C17H16N8O. The summed E-state index contributed by atoms with van der Waals surface area (Å²) in [6.07, 6.45) is 3.22. The Hall–Kier alpha value is -3.49. The predicted molar refractivity (Wildman–Crippen MR) is 94.9 cm³/mol. The molecule has 4 heterocycles. The lowest BCUT2D eigenvalue weighted by atomic mass is 10.00. The van der Waals surface area contributed by atoms with Crippen molar-refractivity contribution in [3.8, 4) is 0 Å². The summed E-state index contributed by atoms with van der Waals surface area (Å²) < 4.78 is 1.66. The quantitative estimate of drug-likeness (QED) is 0.567. The summed E-state index contributed by atoms with van der Waals surface area (Å²) in [7, 11) is 0. The average Bonchev–Trinajstić information content (AvgIpc) is 3.27. The van der Waals surface area contributed by atoms with Gasteiger partial charge in [0.1, 0.15) is 12.1 Å². The maximum atomic E-state index is 12.3. The number of H-pyrrole nitrogens is 1. The molecule has 0 aliphatic carbocycles. The number of nitrogens with zero attached hydrogens (tertiary/aromatic N) is 6. The molecule has 1 fully saturated rings. The standard InChI is InChI=1S/C17H16N8O/c26-17(12-1-2-13-14(5-12)20-9-19-13)18-6-11-7-24(8-11)16-4-3-15-22-21-10-25(15)23-16/h1-5,9-11H,6-8H2,(H,18,26)(H,19,20). The molecule has 130 valence electrons. The number of aromatic amines is 1. The van der Waals surface area contributed by atoms with E-state index in [9.17, 15) is 4.79 Å². The SMILES string of the molecule is O=C(NCC1CN(c2ccc3nncn3n2)C1)c1ccc2nc[nH]c2c1. The van der Waals surface area contributed by atoms with Crippen LogP contribution < -0.4 is 10.2 Å². The molecule has 0 spiro atoms. The fourth-order valence-corrected chi connectivity index (χ4v) is 3.19. The molecule has 1 aliphatic heterocycles. The summed E-state index contributed by atoms with van der Waals surface area (Å²) in [5.74, 6) is 1.24. The second kappa shape index (κ2) is 5.80. The number of amides is 1. The summed E-state index contributed by atoms with van der Waals surface area (Å²) in [6, 6.07) is 9.31. The monoisotopic (exact) mass is 348 g/mol. The number of benzene rings is 1. The second-order valence-corrected chi connectivity index (χ2v) is 6.44. The van der Waals surface area contributed by atoms with Gasteiger partial charge in [-0.15, -0.1) is 15.3 Å². The third-order valence-electron chi connectivity index (χ3n) is 4.66. The first-order valence-corrected chi connectivity index (χ1v) is 8.39. The van der Waals surface area contributed by atoms with Gasteiger partial charge >= 0.3 is 0 Å². The van der Waals surface area contributed by atoms with Crippen LogP contribution in [0.15, 0.2) is 43.0 Å². The Morgan fingerprint density at radius 3 is 3.12 bits per heavy atom. The van der Waals surface area contributed by atoms with Crippen LogP contribution in [0.4, 0.5) is 5.82 Å². The second-order valence-electron chi connectivity index (χ2n) is 6.44. The number of fused-ring (bicyclic) bond motifs is 2. The molecule has 1 aliphatic rings. The van der Waals surface area contributed by atoms with Gasteiger partial charge in [-0.2, -0.15) is 4.52 Å². The summed E-state index contributed by atoms with van der Waals surface area (Å²) in [6.45, 7) is 2.37. The van der Waals surface area contributed by atoms with Crippen LogP contribution >= 0.6 is 0 Å². The largest absolute Gasteiger partial charge is 0.354 e. The molecule has 2 N–H and O–H groups in total. The number of carbonyl (C=O) groups is 1. The first-order valence-electron chi connectivity index (χ1n) is 8.39. The van der Waals surface area contributed by atoms with Crippen molar-refractivity contribution in [2.75, 3.05) is 24.5 Å².